The van der Waals surface area contributed by atoms with E-state index >= 15 is 0 Å². The maximum absolute atomic E-state index is 12.3. The number of carbonyl (C=O) groups excluding carboxylic acids is 1. The van der Waals surface area contributed by atoms with E-state index in [1.54, 1.807) is 27.7 Å². The Hall–Kier alpha value is -5.47. The molecule has 5 unspecified atom stereocenters. The van der Waals surface area contributed by atoms with E-state index in [0.717, 1.165) is 91.9 Å². The Morgan fingerprint density at radius 1 is 0.361 bits per heavy atom. The lowest BCUT2D eigenvalue weighted by molar-refractivity contribution is 0.101. The molecular weight excluding hydrogens is 1850 g/mol. The van der Waals surface area contributed by atoms with Crippen LogP contribution in [0.5, 0.6) is 11.5 Å². The van der Waals surface area contributed by atoms with Gasteiger partial charge < -0.3 is 42.3 Å². The summed E-state index contributed by atoms with van der Waals surface area (Å²) in [7, 11) is -67.4. The number of alkyl halides is 1. The number of ketones is 1. The summed E-state index contributed by atoms with van der Waals surface area (Å²) in [5.74, 6) is -2.52. The molecule has 0 amide bonds. The average Bonchev–Trinajstić information content (AvgIpc) is 0.739. The normalized spacial score (nSPS) is 18.0. The zero-order valence-corrected chi connectivity index (χ0v) is 63.6. The highest BCUT2D eigenvalue weighted by molar-refractivity contribution is 9.10. The molecule has 0 aliphatic rings. The number of hydrogen-bond donors (Lipinski definition) is 5. The molecule has 108 heavy (non-hydrogen) atoms. The van der Waals surface area contributed by atoms with Gasteiger partial charge in [-0.05, 0) is 184 Å². The van der Waals surface area contributed by atoms with Crippen LogP contribution >= 0.6 is 104 Å². The second-order valence-electron chi connectivity index (χ2n) is 22.2. The molecule has 0 bridgehead atoms. The molecule has 0 aromatic heterocycles. The van der Waals surface area contributed by atoms with Gasteiger partial charge in [-0.2, -0.15) is 0 Å². The molecule has 0 fully saturated rings. The molecule has 12 N–H and O–H groups in total. The first-order chi connectivity index (χ1) is 45.3. The summed E-state index contributed by atoms with van der Waals surface area (Å²) in [6.45, 7) is 9.32. The molecule has 0 aliphatic heterocycles. The van der Waals surface area contributed by atoms with Crippen LogP contribution in [0, 0.1) is 0 Å². The van der Waals surface area contributed by atoms with E-state index in [0.29, 0.717) is 63.1 Å². The fourth-order valence-electron chi connectivity index (χ4n) is 6.84. The number of rotatable bonds is 16. The lowest BCUT2D eigenvalue weighted by Gasteiger charge is -2.40. The highest BCUT2D eigenvalue weighted by Crippen LogP contribution is 3.05. The molecule has 5 atom stereocenters. The molecule has 7 rings (SSSR count). The minimum atomic E-state index is -9.87. The van der Waals surface area contributed by atoms with E-state index in [2.05, 4.69) is 40.2 Å². The van der Waals surface area contributed by atoms with Gasteiger partial charge in [0, 0.05) is 26.9 Å². The quantitative estimate of drug-likeness (QED) is 0.0357. The monoisotopic (exact) mass is 1910 g/mol. The fraction of sp³-hybridized carbons (Fsp3) is 0.218. The zero-order valence-electron chi connectivity index (χ0n) is 54.7. The molecular formula is C55H65Br2F35N4O5S7. The van der Waals surface area contributed by atoms with Crippen molar-refractivity contribution in [2.75, 3.05) is 6.54 Å². The third-order valence-electron chi connectivity index (χ3n) is 12.1. The molecule has 7 aromatic rings. The average molecular weight is 1910 g/mol. The minimum Gasteiger partial charge on any atom is -0.412 e. The molecule has 636 valence electrons. The molecule has 9 nitrogen and oxygen atoms in total. The van der Waals surface area contributed by atoms with Crippen LogP contribution in [-0.2, 0) is 0 Å². The van der Waals surface area contributed by atoms with Crippen molar-refractivity contribution in [3.05, 3.63) is 208 Å². The van der Waals surface area contributed by atoms with E-state index in [4.69, 9.17) is 22.3 Å². The minimum absolute atomic E-state index is 0. The van der Waals surface area contributed by atoms with Crippen LogP contribution in [-0.4, -0.2) is 22.9 Å². The second kappa shape index (κ2) is 28.3. The molecule has 7 aromatic carbocycles. The maximum atomic E-state index is 12.3. The second-order valence-corrected chi connectivity index (χ2v) is 40.5. The molecule has 0 saturated carbocycles. The van der Waals surface area contributed by atoms with Gasteiger partial charge in [-0.1, -0.05) is 235 Å². The highest BCUT2D eigenvalue weighted by atomic mass is 79.9. The van der Waals surface area contributed by atoms with Gasteiger partial charge in [-0.25, -0.2) is 0 Å². The Balaban J connectivity index is 0. The third-order valence-corrected chi connectivity index (χ3v) is 20.0. The van der Waals surface area contributed by atoms with Crippen LogP contribution in [0.25, 0.3) is 0 Å². The number of halogens is 37. The van der Waals surface area contributed by atoms with Gasteiger partial charge in [0.15, 0.2) is 5.78 Å². The fourth-order valence-corrected chi connectivity index (χ4v) is 11.6. The third kappa shape index (κ3) is 41.7. The van der Waals surface area contributed by atoms with Crippen molar-refractivity contribution >= 4 is 110 Å². The van der Waals surface area contributed by atoms with Crippen LogP contribution < -0.4 is 31.7 Å². The van der Waals surface area contributed by atoms with Crippen molar-refractivity contribution in [1.82, 2.24) is 6.15 Å². The van der Waals surface area contributed by atoms with E-state index in [9.17, 15) is 141 Å². The number of aliphatic hydroxyl groups excluding tert-OH is 1. The molecule has 0 heterocycles. The van der Waals surface area contributed by atoms with E-state index in [1.165, 1.54) is 31.2 Å². The van der Waals surface area contributed by atoms with Gasteiger partial charge in [-0.15, -0.1) is 0 Å². The molecule has 53 heteroatoms. The van der Waals surface area contributed by atoms with E-state index in [-0.39, 0.29) is 64.3 Å². The highest BCUT2D eigenvalue weighted by Gasteiger charge is 2.70. The predicted molar refractivity (Wildman–Crippen MR) is 367 cm³/mol. The van der Waals surface area contributed by atoms with Gasteiger partial charge >= 0.3 is 72.1 Å². The first kappa shape index (κ1) is 105. The van der Waals surface area contributed by atoms with Crippen molar-refractivity contribution in [3.63, 3.8) is 0 Å². The summed E-state index contributed by atoms with van der Waals surface area (Å²) in [6, 6.07) is 19.6. The van der Waals surface area contributed by atoms with Crippen LogP contribution in [0.3, 0.4) is 0 Å². The van der Waals surface area contributed by atoms with E-state index < -0.39 is 132 Å². The Kier molecular flexibility index (Phi) is 27.4. The van der Waals surface area contributed by atoms with E-state index in [1.807, 2.05) is 0 Å². The zero-order chi connectivity index (χ0) is 84.3. The van der Waals surface area contributed by atoms with Crippen LogP contribution in [0.2, 0.25) is 0 Å². The Morgan fingerprint density at radius 3 is 0.759 bits per heavy atom. The maximum Gasteiger partial charge on any atom is 0.435 e. The van der Waals surface area contributed by atoms with Gasteiger partial charge in [0.25, 0.3) is 0 Å². The van der Waals surface area contributed by atoms with Crippen LogP contribution in [0.15, 0.2) is 199 Å². The van der Waals surface area contributed by atoms with Gasteiger partial charge in [0.1, 0.15) is 36.0 Å². The summed E-state index contributed by atoms with van der Waals surface area (Å²) in [4.78, 5) is 1.06. The van der Waals surface area contributed by atoms with Crippen molar-refractivity contribution in [1.29, 1.82) is 0 Å². The lowest BCUT2D eigenvalue weighted by atomic mass is 10.0. The van der Waals surface area contributed by atoms with Crippen molar-refractivity contribution in [2.24, 2.45) is 17.2 Å². The van der Waals surface area contributed by atoms with Crippen LogP contribution in [0.4, 0.5) is 136 Å². The summed E-state index contributed by atoms with van der Waals surface area (Å²) in [5.41, 5.74) is 18.3. The van der Waals surface area contributed by atoms with Crippen molar-refractivity contribution in [2.45, 2.75) is 95.0 Å². The number of hydrogen-bond acceptors (Lipinski definition) is 8. The number of aliphatic hydroxyl groups is 1. The van der Waals surface area contributed by atoms with Gasteiger partial charge in [0.2, 0.25) is 0 Å². The standard InChI is InChI=1S/C9H12F5NS.C8H8BrF5OS.C8H10F5NOS.C8H10F5NS.C8H9F5OS.C8H7F5OS.C6H4BrF5S.H3N.H2O/c1-7(6-15)8-2-4-9(5-3-8)16(10,11,12,13)14;1-6(9)7-2-4-8(5-3-7)15-16(10,11,12,13)14;1-6(14)7-2-4-8(5-3-7)15-16(9,10,11,12)13;3*1-6(14)7-2-4-8(5-3-7)15(9,10,11,12)13;7-5-1-3-6(4-2-5)13(8,9,10,11)12;;/h2-5,7H,6,15H2,1H3;2-6H,1H3;2-6H,14H2,1H3;2-6H,14H2,1H3;2-6,14H,1H3;2-5H,1H3;1-4H;1H3;1H2. The summed E-state index contributed by atoms with van der Waals surface area (Å²) in [6.07, 6.45) is -0.988. The van der Waals surface area contributed by atoms with Crippen LogP contribution in [0.1, 0.15) is 109 Å². The Bertz CT molecular complexity index is 4050. The molecule has 0 spiro atoms. The number of benzene rings is 7. The predicted octanol–water partition coefficient (Wildman–Crippen LogP) is 32.2. The topological polar surface area (TPSA) is 200 Å². The molecule has 0 aliphatic carbocycles. The molecule has 0 radical (unpaired) electrons. The summed E-state index contributed by atoms with van der Waals surface area (Å²) < 4.78 is 431. The Morgan fingerprint density at radius 2 is 0.565 bits per heavy atom. The number of nitrogens with two attached hydrogens (primary N) is 3. The number of Topliss-reactive ketones (excluding diaryl/α,β-unsaturated/α-hetero) is 1. The summed E-state index contributed by atoms with van der Waals surface area (Å²) in [5, 5.41) is 8.99. The SMILES string of the molecule is CC(=O)c1ccc(S(F)(F)(F)(F)F)cc1.CC(Br)c1ccc(OS(F)(F)(F)(F)F)cc1.CC(CN)c1ccc(S(F)(F)(F)(F)F)cc1.CC(N)c1ccc(OS(F)(F)(F)(F)F)cc1.CC(N)c1ccc(S(F)(F)(F)(F)F)cc1.CC(O)c1ccc(S(F)(F)(F)(F)F)cc1.FS(F)(F)(F)(F)c1ccc(Br)cc1.N.O. The summed E-state index contributed by atoms with van der Waals surface area (Å²) >= 11 is 6.03. The molecule has 0 saturated heterocycles. The lowest BCUT2D eigenvalue weighted by Crippen LogP contribution is -2.14. The Labute approximate surface area is 610 Å². The smallest absolute Gasteiger partial charge is 0.412 e. The number of carbonyl (C=O) groups is 1. The first-order valence-corrected chi connectivity index (χ1v) is 42.6. The van der Waals surface area contributed by atoms with Crippen molar-refractivity contribution in [3.8, 4) is 11.5 Å². The van der Waals surface area contributed by atoms with Gasteiger partial charge in [0.05, 0.1) is 6.10 Å². The largest absolute Gasteiger partial charge is 0.435 e. The van der Waals surface area contributed by atoms with Gasteiger partial charge in [-0.3, -0.25) is 4.79 Å². The first-order valence-electron chi connectivity index (χ1n) is 27.3. The van der Waals surface area contributed by atoms with Crippen molar-refractivity contribution < 1.29 is 160 Å².